The Bertz CT molecular complexity index is 880. The van der Waals surface area contributed by atoms with E-state index in [1.54, 1.807) is 62.6 Å². The molecule has 3 rings (SSSR count). The quantitative estimate of drug-likeness (QED) is 0.609. The number of Topliss-reactive ketones (excluding diaryl/α,β-unsaturated/α-hetero) is 1. The lowest BCUT2D eigenvalue weighted by Crippen LogP contribution is -2.38. The van der Waals surface area contributed by atoms with Gasteiger partial charge in [-0.3, -0.25) is 10.2 Å². The molecule has 0 radical (unpaired) electrons. The molecule has 0 unspecified atom stereocenters. The monoisotopic (exact) mass is 386 g/mol. The first kappa shape index (κ1) is 18.9. The van der Waals surface area contributed by atoms with Crippen LogP contribution < -0.4 is 10.2 Å². The van der Waals surface area contributed by atoms with Crippen LogP contribution >= 0.6 is 11.6 Å². The molecule has 2 atom stereocenters. The van der Waals surface area contributed by atoms with Gasteiger partial charge in [0.1, 0.15) is 11.8 Å². The number of ketones is 1. The van der Waals surface area contributed by atoms with Gasteiger partial charge in [-0.15, -0.1) is 0 Å². The van der Waals surface area contributed by atoms with Crippen LogP contribution in [-0.4, -0.2) is 37.2 Å². The number of nitrogens with zero attached hydrogens (tertiary/aromatic N) is 1. The van der Waals surface area contributed by atoms with Crippen LogP contribution in [0.15, 0.2) is 53.6 Å². The Morgan fingerprint density at radius 1 is 1.15 bits per heavy atom. The number of hydrazone groups is 1. The highest BCUT2D eigenvalue weighted by Gasteiger charge is 2.42. The number of carbonyl (C=O) groups is 2. The molecule has 1 aliphatic rings. The zero-order valence-corrected chi connectivity index (χ0v) is 15.7. The molecule has 1 heterocycles. The minimum Gasteiger partial charge on any atom is -0.497 e. The van der Waals surface area contributed by atoms with Crippen molar-refractivity contribution in [3.8, 4) is 5.75 Å². The molecular weight excluding hydrogens is 368 g/mol. The summed E-state index contributed by atoms with van der Waals surface area (Å²) in [6.45, 7) is 1.93. The summed E-state index contributed by atoms with van der Waals surface area (Å²) in [5.74, 6) is -0.769. The van der Waals surface area contributed by atoms with Crippen molar-refractivity contribution in [2.24, 2.45) is 5.10 Å². The maximum atomic E-state index is 13.1. The molecule has 0 fully saturated rings. The Morgan fingerprint density at radius 3 is 2.48 bits per heavy atom. The number of rotatable bonds is 6. The first-order chi connectivity index (χ1) is 13.1. The van der Waals surface area contributed by atoms with Crippen molar-refractivity contribution < 1.29 is 19.1 Å². The third kappa shape index (κ3) is 3.80. The van der Waals surface area contributed by atoms with E-state index in [0.717, 1.165) is 0 Å². The average molecular weight is 387 g/mol. The van der Waals surface area contributed by atoms with Crippen LogP contribution in [0.4, 0.5) is 0 Å². The van der Waals surface area contributed by atoms with Gasteiger partial charge in [-0.05, 0) is 42.8 Å². The third-order valence-electron chi connectivity index (χ3n) is 4.33. The molecule has 2 aromatic carbocycles. The Labute approximate surface area is 162 Å². The van der Waals surface area contributed by atoms with Crippen LogP contribution in [-0.2, 0) is 9.53 Å². The van der Waals surface area contributed by atoms with Crippen LogP contribution in [0.25, 0.3) is 0 Å². The molecule has 140 valence electrons. The van der Waals surface area contributed by atoms with Gasteiger partial charge >= 0.3 is 5.97 Å². The van der Waals surface area contributed by atoms with E-state index in [9.17, 15) is 9.59 Å². The molecule has 7 heteroatoms. The van der Waals surface area contributed by atoms with Gasteiger partial charge in [0.2, 0.25) is 0 Å². The molecule has 0 aromatic heterocycles. The lowest BCUT2D eigenvalue weighted by Gasteiger charge is -2.20. The number of methoxy groups -OCH3 is 1. The molecule has 0 bridgehead atoms. The van der Waals surface area contributed by atoms with E-state index in [1.165, 1.54) is 0 Å². The Morgan fingerprint density at radius 2 is 1.85 bits per heavy atom. The highest BCUT2D eigenvalue weighted by Crippen LogP contribution is 2.33. The summed E-state index contributed by atoms with van der Waals surface area (Å²) in [6.07, 6.45) is 0. The predicted molar refractivity (Wildman–Crippen MR) is 103 cm³/mol. The van der Waals surface area contributed by atoms with Crippen molar-refractivity contribution in [2.45, 2.75) is 18.9 Å². The summed E-state index contributed by atoms with van der Waals surface area (Å²) in [7, 11) is 1.56. The topological polar surface area (TPSA) is 77.0 Å². The fraction of sp³-hybridized carbons (Fsp3) is 0.250. The highest BCUT2D eigenvalue weighted by molar-refractivity contribution is 6.41. The van der Waals surface area contributed by atoms with Crippen LogP contribution in [0.1, 0.15) is 28.8 Å². The minimum absolute atomic E-state index is 0.136. The summed E-state index contributed by atoms with van der Waals surface area (Å²) in [5.41, 5.74) is 4.05. The van der Waals surface area contributed by atoms with Gasteiger partial charge in [0.05, 0.1) is 19.6 Å². The Balaban J connectivity index is 1.97. The molecule has 2 aromatic rings. The summed E-state index contributed by atoms with van der Waals surface area (Å²) in [4.78, 5) is 25.5. The van der Waals surface area contributed by atoms with Gasteiger partial charge in [-0.2, -0.15) is 5.10 Å². The molecular formula is C20H19ClN2O4. The maximum absolute atomic E-state index is 13.1. The van der Waals surface area contributed by atoms with Gasteiger partial charge in [0.15, 0.2) is 11.5 Å². The van der Waals surface area contributed by atoms with Crippen molar-refractivity contribution in [3.63, 3.8) is 0 Å². The van der Waals surface area contributed by atoms with Gasteiger partial charge in [-0.1, -0.05) is 29.8 Å². The van der Waals surface area contributed by atoms with Crippen molar-refractivity contribution >= 4 is 29.1 Å². The molecule has 0 amide bonds. The second-order valence-corrected chi connectivity index (χ2v) is 6.32. The van der Waals surface area contributed by atoms with Crippen LogP contribution in [0.5, 0.6) is 5.75 Å². The number of benzene rings is 2. The third-order valence-corrected chi connectivity index (χ3v) is 4.68. The number of ether oxygens (including phenoxy) is 2. The van der Waals surface area contributed by atoms with Crippen molar-refractivity contribution in [1.82, 2.24) is 5.43 Å². The predicted octanol–water partition coefficient (Wildman–Crippen LogP) is 3.21. The van der Waals surface area contributed by atoms with Gasteiger partial charge in [0, 0.05) is 10.6 Å². The van der Waals surface area contributed by atoms with E-state index in [-0.39, 0.29) is 18.1 Å². The first-order valence-corrected chi connectivity index (χ1v) is 8.87. The fourth-order valence-corrected chi connectivity index (χ4v) is 3.27. The van der Waals surface area contributed by atoms with E-state index in [1.807, 2.05) is 0 Å². The van der Waals surface area contributed by atoms with E-state index < -0.39 is 17.9 Å². The maximum Gasteiger partial charge on any atom is 0.355 e. The van der Waals surface area contributed by atoms with E-state index in [4.69, 9.17) is 21.1 Å². The lowest BCUT2D eigenvalue weighted by atomic mass is 9.84. The van der Waals surface area contributed by atoms with Gasteiger partial charge in [-0.25, -0.2) is 4.79 Å². The first-order valence-electron chi connectivity index (χ1n) is 8.49. The number of esters is 1. The fourth-order valence-electron chi connectivity index (χ4n) is 3.02. The molecule has 0 aliphatic carbocycles. The number of hydrogen-bond donors (Lipinski definition) is 1. The van der Waals surface area contributed by atoms with E-state index >= 15 is 0 Å². The molecule has 1 aliphatic heterocycles. The molecule has 6 nitrogen and oxygen atoms in total. The van der Waals surface area contributed by atoms with Crippen molar-refractivity contribution in [3.05, 3.63) is 64.7 Å². The normalized spacial score (nSPS) is 18.4. The summed E-state index contributed by atoms with van der Waals surface area (Å²) in [6, 6.07) is 13.1. The largest absolute Gasteiger partial charge is 0.497 e. The number of halogens is 1. The highest BCUT2D eigenvalue weighted by atomic mass is 35.5. The summed E-state index contributed by atoms with van der Waals surface area (Å²) < 4.78 is 10.2. The minimum atomic E-state index is -0.766. The molecule has 27 heavy (non-hydrogen) atoms. The second kappa shape index (κ2) is 8.22. The van der Waals surface area contributed by atoms with E-state index in [0.29, 0.717) is 21.9 Å². The van der Waals surface area contributed by atoms with Gasteiger partial charge < -0.3 is 9.47 Å². The molecule has 0 spiro atoms. The smallest absolute Gasteiger partial charge is 0.355 e. The number of nitrogens with one attached hydrogen (secondary N) is 1. The Hall–Kier alpha value is -2.86. The SMILES string of the molecule is CCOC(=O)C1=NN[C@@H](C(=O)c2ccc(OC)cc2)[C@H]1c1ccccc1Cl. The molecule has 0 saturated heterocycles. The van der Waals surface area contributed by atoms with Crippen molar-refractivity contribution in [1.29, 1.82) is 0 Å². The van der Waals surface area contributed by atoms with Crippen LogP contribution in [0, 0.1) is 0 Å². The average Bonchev–Trinajstić information content (AvgIpc) is 3.13. The molecule has 0 saturated carbocycles. The van der Waals surface area contributed by atoms with E-state index in [2.05, 4.69) is 10.5 Å². The van der Waals surface area contributed by atoms with Crippen LogP contribution in [0.3, 0.4) is 0 Å². The van der Waals surface area contributed by atoms with Gasteiger partial charge in [0.25, 0.3) is 0 Å². The number of hydrogen-bond acceptors (Lipinski definition) is 6. The zero-order valence-electron chi connectivity index (χ0n) is 14.9. The van der Waals surface area contributed by atoms with Crippen LogP contribution in [0.2, 0.25) is 5.02 Å². The second-order valence-electron chi connectivity index (χ2n) is 5.92. The number of carbonyl (C=O) groups excluding carboxylic acids is 2. The van der Waals surface area contributed by atoms with Crippen molar-refractivity contribution in [2.75, 3.05) is 13.7 Å². The summed E-state index contributed by atoms with van der Waals surface area (Å²) >= 11 is 6.34. The molecule has 1 N–H and O–H groups in total. The standard InChI is InChI=1S/C20H19ClN2O4/c1-3-27-20(25)18-16(14-6-4-5-7-15(14)21)17(22-23-18)19(24)12-8-10-13(26-2)11-9-12/h4-11,16-17,22H,3H2,1-2H3/t16-,17-/m1/s1. The summed E-state index contributed by atoms with van der Waals surface area (Å²) in [5, 5.41) is 4.56. The lowest BCUT2D eigenvalue weighted by molar-refractivity contribution is -0.135. The zero-order chi connectivity index (χ0) is 19.4. The Kier molecular flexibility index (Phi) is 5.76.